The van der Waals surface area contributed by atoms with Gasteiger partial charge in [-0.25, -0.2) is 13.1 Å². The Balaban J connectivity index is 2.18. The van der Waals surface area contributed by atoms with Gasteiger partial charge in [0.1, 0.15) is 16.6 Å². The fourth-order valence-corrected chi connectivity index (χ4v) is 3.13. The van der Waals surface area contributed by atoms with Crippen molar-refractivity contribution in [1.82, 2.24) is 19.9 Å². The van der Waals surface area contributed by atoms with Gasteiger partial charge in [0, 0.05) is 19.8 Å². The molecule has 2 amide bonds. The van der Waals surface area contributed by atoms with Gasteiger partial charge < -0.3 is 15.2 Å². The lowest BCUT2D eigenvalue weighted by molar-refractivity contribution is -0.122. The van der Waals surface area contributed by atoms with E-state index in [2.05, 4.69) is 15.4 Å². The van der Waals surface area contributed by atoms with Crippen LogP contribution in [0.1, 0.15) is 29.8 Å². The van der Waals surface area contributed by atoms with Crippen LogP contribution in [-0.4, -0.2) is 44.4 Å². The van der Waals surface area contributed by atoms with Gasteiger partial charge in [-0.05, 0) is 32.4 Å². The largest absolute Gasteiger partial charge is 0.354 e. The molecule has 1 aliphatic heterocycles. The molecular formula is C13H20N4O4S. The zero-order valence-corrected chi connectivity index (χ0v) is 13.4. The highest BCUT2D eigenvalue weighted by molar-refractivity contribution is 7.89. The van der Waals surface area contributed by atoms with Gasteiger partial charge in [-0.1, -0.05) is 0 Å². The summed E-state index contributed by atoms with van der Waals surface area (Å²) in [6, 6.07) is 0.699. The molecule has 0 bridgehead atoms. The van der Waals surface area contributed by atoms with Crippen LogP contribution >= 0.6 is 0 Å². The van der Waals surface area contributed by atoms with E-state index < -0.39 is 22.0 Å². The van der Waals surface area contributed by atoms with Crippen molar-refractivity contribution in [1.29, 1.82) is 0 Å². The maximum atomic E-state index is 12.3. The van der Waals surface area contributed by atoms with Crippen LogP contribution in [0.25, 0.3) is 0 Å². The minimum absolute atomic E-state index is 0.00738. The molecule has 2 heterocycles. The number of carbonyl (C=O) groups excluding carboxylic acids is 2. The molecule has 122 valence electrons. The number of aromatic nitrogens is 1. The Kier molecular flexibility index (Phi) is 4.87. The summed E-state index contributed by atoms with van der Waals surface area (Å²) in [7, 11) is -0.730. The molecule has 8 nitrogen and oxygen atoms in total. The van der Waals surface area contributed by atoms with Crippen molar-refractivity contribution in [2.24, 2.45) is 7.05 Å². The number of rotatable bonds is 4. The van der Waals surface area contributed by atoms with E-state index in [4.69, 9.17) is 0 Å². The Morgan fingerprint density at radius 1 is 1.41 bits per heavy atom. The lowest BCUT2D eigenvalue weighted by Crippen LogP contribution is -2.45. The third-order valence-electron chi connectivity index (χ3n) is 3.63. The van der Waals surface area contributed by atoms with Crippen LogP contribution in [0, 0.1) is 0 Å². The zero-order valence-electron chi connectivity index (χ0n) is 12.5. The molecule has 0 spiro atoms. The monoisotopic (exact) mass is 328 g/mol. The van der Waals surface area contributed by atoms with Crippen molar-refractivity contribution < 1.29 is 18.0 Å². The van der Waals surface area contributed by atoms with E-state index in [0.717, 1.165) is 12.8 Å². The molecule has 1 aromatic heterocycles. The molecule has 0 saturated carbocycles. The van der Waals surface area contributed by atoms with Crippen LogP contribution in [-0.2, 0) is 21.9 Å². The predicted molar refractivity (Wildman–Crippen MR) is 79.8 cm³/mol. The van der Waals surface area contributed by atoms with E-state index in [1.165, 1.54) is 23.9 Å². The second-order valence-corrected chi connectivity index (χ2v) is 7.08. The third kappa shape index (κ3) is 3.47. The Hall–Kier alpha value is -1.87. The zero-order chi connectivity index (χ0) is 16.3. The summed E-state index contributed by atoms with van der Waals surface area (Å²) in [4.78, 5) is 24.1. The number of nitrogens with zero attached hydrogens (tertiary/aromatic N) is 1. The number of hydrogen-bond donors (Lipinski definition) is 3. The van der Waals surface area contributed by atoms with Crippen LogP contribution in [0.2, 0.25) is 0 Å². The van der Waals surface area contributed by atoms with E-state index in [-0.39, 0.29) is 16.5 Å². The van der Waals surface area contributed by atoms with Crippen molar-refractivity contribution in [2.45, 2.75) is 30.2 Å². The molecule has 1 atom stereocenters. The first-order valence-electron chi connectivity index (χ1n) is 7.03. The summed E-state index contributed by atoms with van der Waals surface area (Å²) in [5.41, 5.74) is 0.186. The topological polar surface area (TPSA) is 109 Å². The molecule has 0 unspecified atom stereocenters. The molecule has 3 N–H and O–H groups in total. The average Bonchev–Trinajstić information content (AvgIpc) is 2.77. The van der Waals surface area contributed by atoms with Crippen molar-refractivity contribution in [3.8, 4) is 0 Å². The molecule has 1 fully saturated rings. The Bertz CT molecular complexity index is 680. The van der Waals surface area contributed by atoms with Gasteiger partial charge in [0.15, 0.2) is 0 Å². The molecular weight excluding hydrogens is 308 g/mol. The number of carbonyl (C=O) groups is 2. The van der Waals surface area contributed by atoms with Crippen molar-refractivity contribution >= 4 is 21.8 Å². The van der Waals surface area contributed by atoms with E-state index in [0.29, 0.717) is 13.0 Å². The van der Waals surface area contributed by atoms with Gasteiger partial charge >= 0.3 is 0 Å². The SMILES string of the molecule is CNS(=O)(=O)c1cc(C(=O)N[C@H]2CCCCNC2=O)n(C)c1. The molecule has 1 saturated heterocycles. The third-order valence-corrected chi connectivity index (χ3v) is 5.01. The van der Waals surface area contributed by atoms with E-state index in [1.54, 1.807) is 7.05 Å². The van der Waals surface area contributed by atoms with Crippen LogP contribution in [0.15, 0.2) is 17.2 Å². The molecule has 0 aliphatic carbocycles. The van der Waals surface area contributed by atoms with Crippen LogP contribution in [0.5, 0.6) is 0 Å². The lowest BCUT2D eigenvalue weighted by Gasteiger charge is -2.15. The molecule has 1 aliphatic rings. The average molecular weight is 328 g/mol. The predicted octanol–water partition coefficient (Wildman–Crippen LogP) is -0.668. The Morgan fingerprint density at radius 2 is 2.14 bits per heavy atom. The van der Waals surface area contributed by atoms with Gasteiger partial charge in [-0.15, -0.1) is 0 Å². The molecule has 22 heavy (non-hydrogen) atoms. The number of nitrogens with one attached hydrogen (secondary N) is 3. The highest BCUT2D eigenvalue weighted by Gasteiger charge is 2.25. The van der Waals surface area contributed by atoms with Crippen LogP contribution in [0.3, 0.4) is 0 Å². The molecule has 2 rings (SSSR count). The van der Waals surface area contributed by atoms with Gasteiger partial charge in [-0.2, -0.15) is 0 Å². The van der Waals surface area contributed by atoms with Crippen molar-refractivity contribution in [2.75, 3.05) is 13.6 Å². The number of hydrogen-bond acceptors (Lipinski definition) is 4. The summed E-state index contributed by atoms with van der Waals surface area (Å²) in [6.07, 6.45) is 3.65. The summed E-state index contributed by atoms with van der Waals surface area (Å²) in [5.74, 6) is -0.676. The van der Waals surface area contributed by atoms with Crippen LogP contribution < -0.4 is 15.4 Å². The van der Waals surface area contributed by atoms with E-state index in [9.17, 15) is 18.0 Å². The smallest absolute Gasteiger partial charge is 0.268 e. The van der Waals surface area contributed by atoms with Gasteiger partial charge in [0.2, 0.25) is 15.9 Å². The van der Waals surface area contributed by atoms with Crippen molar-refractivity contribution in [3.05, 3.63) is 18.0 Å². The highest BCUT2D eigenvalue weighted by Crippen LogP contribution is 2.14. The Labute approximate surface area is 129 Å². The van der Waals surface area contributed by atoms with E-state index >= 15 is 0 Å². The maximum absolute atomic E-state index is 12.3. The maximum Gasteiger partial charge on any atom is 0.268 e. The lowest BCUT2D eigenvalue weighted by atomic mass is 10.1. The molecule has 1 aromatic rings. The summed E-state index contributed by atoms with van der Waals surface area (Å²) < 4.78 is 27.1. The normalized spacial score (nSPS) is 19.4. The molecule has 0 radical (unpaired) electrons. The molecule has 0 aromatic carbocycles. The van der Waals surface area contributed by atoms with Gasteiger partial charge in [0.25, 0.3) is 5.91 Å². The standard InChI is InChI=1S/C13H20N4O4S/c1-14-22(20,21)9-7-11(17(2)8-9)13(19)16-10-5-3-4-6-15-12(10)18/h7-8,10,14H,3-6H2,1-2H3,(H,15,18)(H,16,19)/t10-/m0/s1. The summed E-state index contributed by atoms with van der Waals surface area (Å²) >= 11 is 0. The number of aryl methyl sites for hydroxylation is 1. The van der Waals surface area contributed by atoms with Gasteiger partial charge in [0.05, 0.1) is 0 Å². The minimum atomic E-state index is -3.61. The first-order chi connectivity index (χ1) is 10.3. The highest BCUT2D eigenvalue weighted by atomic mass is 32.2. The van der Waals surface area contributed by atoms with E-state index in [1.807, 2.05) is 0 Å². The second kappa shape index (κ2) is 6.49. The van der Waals surface area contributed by atoms with Crippen LogP contribution in [0.4, 0.5) is 0 Å². The molecule has 9 heteroatoms. The Morgan fingerprint density at radius 3 is 2.82 bits per heavy atom. The first kappa shape index (κ1) is 16.5. The number of amides is 2. The fraction of sp³-hybridized carbons (Fsp3) is 0.538. The quantitative estimate of drug-likeness (QED) is 0.681. The fourth-order valence-electron chi connectivity index (χ4n) is 2.33. The van der Waals surface area contributed by atoms with Crippen molar-refractivity contribution in [3.63, 3.8) is 0 Å². The first-order valence-corrected chi connectivity index (χ1v) is 8.52. The van der Waals surface area contributed by atoms with Gasteiger partial charge in [-0.3, -0.25) is 9.59 Å². The summed E-state index contributed by atoms with van der Waals surface area (Å²) in [5, 5.41) is 5.40. The number of sulfonamides is 1. The minimum Gasteiger partial charge on any atom is -0.354 e. The second-order valence-electron chi connectivity index (χ2n) is 5.19. The summed E-state index contributed by atoms with van der Waals surface area (Å²) in [6.45, 7) is 0.611.